The van der Waals surface area contributed by atoms with Crippen molar-refractivity contribution in [1.29, 1.82) is 0 Å². The van der Waals surface area contributed by atoms with E-state index in [9.17, 15) is 0 Å². The van der Waals surface area contributed by atoms with Gasteiger partial charge in [-0.05, 0) is 0 Å². The summed E-state index contributed by atoms with van der Waals surface area (Å²) < 4.78 is 0. The van der Waals surface area contributed by atoms with Crippen LogP contribution in [0.4, 0.5) is 0 Å². The normalized spacial score (nSPS) is 14.1. The number of halogens is 4. The van der Waals surface area contributed by atoms with Crippen molar-refractivity contribution in [3.05, 3.63) is 0 Å². The molecule has 228 valence electrons. The Bertz CT molecular complexity index is 450. The topological polar surface area (TPSA) is 0 Å². The molecule has 0 radical (unpaired) electrons. The second-order valence-electron chi connectivity index (χ2n) is 12.0. The zero-order chi connectivity index (χ0) is 27.6. The minimum Gasteiger partial charge on any atom is -0.0654 e. The Labute approximate surface area is 250 Å². The van der Waals surface area contributed by atoms with E-state index in [-0.39, 0.29) is 0 Å². The Morgan fingerprint density at radius 3 is 0.622 bits per heavy atom. The average Bonchev–Trinajstić information content (AvgIpc) is 2.84. The molecule has 0 heterocycles. The Kier molecular flexibility index (Phi) is 24.3. The zero-order valence-electron chi connectivity index (χ0n) is 25.1. The molecule has 0 saturated carbocycles. The van der Waals surface area contributed by atoms with Crippen LogP contribution in [0.3, 0.4) is 0 Å². The van der Waals surface area contributed by atoms with Gasteiger partial charge in [-0.15, -0.1) is 0 Å². The fourth-order valence-corrected chi connectivity index (χ4v) is 13.8. The molecule has 0 atom stereocenters. The summed E-state index contributed by atoms with van der Waals surface area (Å²) in [4.78, 5) is 0. The van der Waals surface area contributed by atoms with E-state index < -0.39 is 7.09 Å². The summed E-state index contributed by atoms with van der Waals surface area (Å²) in [6.45, 7) is 4.57. The van der Waals surface area contributed by atoms with Crippen molar-refractivity contribution >= 4 is 47.5 Å². The van der Waals surface area contributed by atoms with Crippen LogP contribution in [0.2, 0.25) is 10.6 Å². The van der Waals surface area contributed by atoms with Crippen LogP contribution >= 0.6 is 40.4 Å². The van der Waals surface area contributed by atoms with Crippen molar-refractivity contribution in [1.82, 2.24) is 0 Å². The maximum atomic E-state index is 6.81. The first-order valence-corrected chi connectivity index (χ1v) is 28.0. The number of rotatable bonds is 30. The van der Waals surface area contributed by atoms with Gasteiger partial charge in [0.05, 0.1) is 0 Å². The van der Waals surface area contributed by atoms with Crippen molar-refractivity contribution in [2.75, 3.05) is 0 Å². The molecule has 0 aromatic carbocycles. The van der Waals surface area contributed by atoms with Gasteiger partial charge in [-0.3, -0.25) is 0 Å². The van der Waals surface area contributed by atoms with Crippen LogP contribution in [0.1, 0.15) is 194 Å². The Morgan fingerprint density at radius 1 is 0.270 bits per heavy atom. The van der Waals surface area contributed by atoms with E-state index in [1.54, 1.807) is 0 Å². The van der Waals surface area contributed by atoms with Crippen LogP contribution in [0.25, 0.3) is 0 Å². The van der Waals surface area contributed by atoms with Crippen LogP contribution in [0.5, 0.6) is 0 Å². The molecule has 0 aliphatic heterocycles. The van der Waals surface area contributed by atoms with Gasteiger partial charge >= 0.3 is 199 Å². The second-order valence-corrected chi connectivity index (χ2v) is 43.3. The summed E-state index contributed by atoms with van der Waals surface area (Å²) in [5.74, 6) is 0. The van der Waals surface area contributed by atoms with Gasteiger partial charge in [0.25, 0.3) is 0 Å². The van der Waals surface area contributed by atoms with Gasteiger partial charge in [0.2, 0.25) is 0 Å². The molecule has 0 rings (SSSR count). The van der Waals surface area contributed by atoms with Gasteiger partial charge in [0.15, 0.2) is 0 Å². The smallest absolute Gasteiger partial charge is 0.0654 e. The van der Waals surface area contributed by atoms with Gasteiger partial charge in [-0.1, -0.05) is 52.4 Å². The zero-order valence-corrected chi connectivity index (χ0v) is 29.9. The molecule has 0 aromatic heterocycles. The predicted molar refractivity (Wildman–Crippen MR) is 179 cm³/mol. The molecule has 0 nitrogen and oxygen atoms in total. The molecule has 0 bridgehead atoms. The van der Waals surface area contributed by atoms with Crippen LogP contribution < -0.4 is 0 Å². The molecule has 5 heteroatoms. The van der Waals surface area contributed by atoms with Crippen molar-refractivity contribution in [2.24, 2.45) is 0 Å². The Morgan fingerprint density at radius 2 is 0.432 bits per heavy atom. The molecular weight excluding hydrogens is 605 g/mol. The van der Waals surface area contributed by atoms with Gasteiger partial charge in [0.1, 0.15) is 0 Å². The van der Waals surface area contributed by atoms with E-state index in [2.05, 4.69) is 13.8 Å². The van der Waals surface area contributed by atoms with Crippen LogP contribution in [0, 0.1) is 0 Å². The molecule has 37 heavy (non-hydrogen) atoms. The molecule has 0 spiro atoms. The molecule has 0 N–H and O–H groups in total. The summed E-state index contributed by atoms with van der Waals surface area (Å²) in [7, 11) is 22.7. The van der Waals surface area contributed by atoms with Crippen LogP contribution in [-0.2, 0) is 0 Å². The number of unbranched alkanes of at least 4 members (excludes halogenated alkanes) is 26. The van der Waals surface area contributed by atoms with Gasteiger partial charge in [0, 0.05) is 0 Å². The van der Waals surface area contributed by atoms with E-state index in [4.69, 9.17) is 40.4 Å². The predicted octanol–water partition coefficient (Wildman–Crippen LogP) is 15.2. The summed E-state index contributed by atoms with van der Waals surface area (Å²) in [5, 5.41) is 1.21. The fraction of sp³-hybridized carbons (Fsp3) is 1.00. The molecular formula is C32H66Cl4Se. The van der Waals surface area contributed by atoms with Gasteiger partial charge in [-0.25, -0.2) is 0 Å². The van der Waals surface area contributed by atoms with Gasteiger partial charge < -0.3 is 0 Å². The Hall–Kier alpha value is 1.68. The third-order valence-corrected chi connectivity index (χ3v) is 19.3. The summed E-state index contributed by atoms with van der Waals surface area (Å²) in [6.07, 6.45) is 37.4. The van der Waals surface area contributed by atoms with Crippen molar-refractivity contribution < 1.29 is 0 Å². The monoisotopic (exact) mass is 670 g/mol. The van der Waals surface area contributed by atoms with Crippen LogP contribution in [0.15, 0.2) is 0 Å². The molecule has 0 fully saturated rings. The minimum atomic E-state index is -4.55. The fourth-order valence-electron chi connectivity index (χ4n) is 5.34. The third-order valence-electron chi connectivity index (χ3n) is 7.90. The summed E-state index contributed by atoms with van der Waals surface area (Å²) >= 11 is 0. The number of hydrogen-bond donors (Lipinski definition) is 0. The van der Waals surface area contributed by atoms with Gasteiger partial charge in [-0.2, -0.15) is 0 Å². The van der Waals surface area contributed by atoms with Crippen LogP contribution in [-0.4, -0.2) is 7.09 Å². The number of hydrogen-bond acceptors (Lipinski definition) is 0. The molecule has 0 unspecified atom stereocenters. The molecule has 0 amide bonds. The maximum absolute atomic E-state index is 6.81. The van der Waals surface area contributed by atoms with Crippen molar-refractivity contribution in [3.8, 4) is 0 Å². The standard InChI is InChI=1S/C32H66Cl4Se/c1-3-5-7-9-11-13-15-17-19-21-23-25-27-29-31-37(33,34,35,36)32-30-28-26-24-22-20-18-16-14-12-10-8-6-4-2/h3-32H2,1-2H3. The quantitative estimate of drug-likeness (QED) is 0.0527. The molecule has 0 saturated heterocycles. The Balaban J connectivity index is 3.58. The van der Waals surface area contributed by atoms with E-state index >= 15 is 0 Å². The molecule has 0 aliphatic carbocycles. The van der Waals surface area contributed by atoms with Crippen molar-refractivity contribution in [3.63, 3.8) is 0 Å². The van der Waals surface area contributed by atoms with E-state index in [1.807, 2.05) is 0 Å². The minimum absolute atomic E-state index is 0.607. The summed E-state index contributed by atoms with van der Waals surface area (Å²) in [5.41, 5.74) is 0. The van der Waals surface area contributed by atoms with E-state index in [0.717, 1.165) is 25.7 Å². The third kappa shape index (κ3) is 30.5. The molecule has 0 aromatic rings. The summed E-state index contributed by atoms with van der Waals surface area (Å²) in [6, 6.07) is 0. The second kappa shape index (κ2) is 23.3. The first-order valence-electron chi connectivity index (χ1n) is 16.6. The van der Waals surface area contributed by atoms with Crippen molar-refractivity contribution in [2.45, 2.75) is 204 Å². The van der Waals surface area contributed by atoms with E-state index in [1.165, 1.54) is 154 Å². The van der Waals surface area contributed by atoms with E-state index in [0.29, 0.717) is 10.6 Å². The first kappa shape index (κ1) is 38.7. The molecule has 0 aliphatic rings. The first-order chi connectivity index (χ1) is 17.6. The average molecular weight is 672 g/mol. The SMILES string of the molecule is CCCCCCCCCCCCCCCC[Se](Cl)(Cl)(Cl)(Cl)CCCCCCCCCCCCCCCC.